The minimum atomic E-state index is -0.0678. The summed E-state index contributed by atoms with van der Waals surface area (Å²) in [5.41, 5.74) is 2.49. The minimum Gasteiger partial charge on any atom is -0.494 e. The van der Waals surface area contributed by atoms with Crippen molar-refractivity contribution in [3.05, 3.63) is 35.7 Å². The molecule has 1 aromatic heterocycles. The van der Waals surface area contributed by atoms with Gasteiger partial charge in [-0.2, -0.15) is 0 Å². The van der Waals surface area contributed by atoms with E-state index in [1.807, 2.05) is 26.0 Å². The van der Waals surface area contributed by atoms with Gasteiger partial charge in [-0.1, -0.05) is 6.07 Å². The van der Waals surface area contributed by atoms with Crippen molar-refractivity contribution in [2.75, 3.05) is 37.5 Å². The molecule has 1 aliphatic heterocycles. The van der Waals surface area contributed by atoms with Crippen LogP contribution in [0.4, 0.5) is 11.6 Å². The van der Waals surface area contributed by atoms with Crippen LogP contribution < -0.4 is 19.7 Å². The van der Waals surface area contributed by atoms with Gasteiger partial charge in [-0.15, -0.1) is 0 Å². The first kappa shape index (κ1) is 18.9. The summed E-state index contributed by atoms with van der Waals surface area (Å²) in [4.78, 5) is 24.0. The standard InChI is InChI=1S/C20H26N4O3/c1-13-12-14(2)22-20(21-13)24-10-8-15(9-11-24)19(25)23-18-16(26-3)6-5-7-17(18)27-4/h5-7,12,15H,8-11H2,1-4H3,(H,23,25). The van der Waals surface area contributed by atoms with Crippen molar-refractivity contribution in [3.63, 3.8) is 0 Å². The van der Waals surface area contributed by atoms with Crippen molar-refractivity contribution >= 4 is 17.5 Å². The van der Waals surface area contributed by atoms with E-state index >= 15 is 0 Å². The summed E-state index contributed by atoms with van der Waals surface area (Å²) in [5, 5.41) is 2.98. The fraction of sp³-hybridized carbons (Fsp3) is 0.450. The lowest BCUT2D eigenvalue weighted by Crippen LogP contribution is -2.39. The van der Waals surface area contributed by atoms with E-state index < -0.39 is 0 Å². The van der Waals surface area contributed by atoms with Gasteiger partial charge in [0.25, 0.3) is 0 Å². The Morgan fingerprint density at radius 3 is 2.15 bits per heavy atom. The third-order valence-corrected chi connectivity index (χ3v) is 4.80. The predicted molar refractivity (Wildman–Crippen MR) is 105 cm³/mol. The number of hydrogen-bond donors (Lipinski definition) is 1. The molecule has 0 unspecified atom stereocenters. The van der Waals surface area contributed by atoms with Gasteiger partial charge in [0, 0.05) is 30.4 Å². The molecule has 1 fully saturated rings. The normalized spacial score (nSPS) is 14.7. The molecule has 1 aromatic carbocycles. The Bertz CT molecular complexity index is 774. The van der Waals surface area contributed by atoms with Crippen LogP contribution in [0.2, 0.25) is 0 Å². The maximum Gasteiger partial charge on any atom is 0.227 e. The van der Waals surface area contributed by atoms with E-state index in [2.05, 4.69) is 20.2 Å². The summed E-state index contributed by atoms with van der Waals surface area (Å²) < 4.78 is 10.7. The average Bonchev–Trinajstić information content (AvgIpc) is 2.67. The zero-order valence-corrected chi connectivity index (χ0v) is 16.3. The number of amides is 1. The third kappa shape index (κ3) is 4.30. The zero-order chi connectivity index (χ0) is 19.4. The number of carbonyl (C=O) groups excluding carboxylic acids is 1. The Morgan fingerprint density at radius 1 is 1.07 bits per heavy atom. The maximum atomic E-state index is 12.8. The molecule has 0 atom stereocenters. The molecule has 1 amide bonds. The number of anilines is 2. The number of piperidine rings is 1. The number of aromatic nitrogens is 2. The molecule has 7 nitrogen and oxygen atoms in total. The summed E-state index contributed by atoms with van der Waals surface area (Å²) in [7, 11) is 3.15. The first-order valence-electron chi connectivity index (χ1n) is 9.11. The van der Waals surface area contributed by atoms with E-state index in [1.54, 1.807) is 26.4 Å². The van der Waals surface area contributed by atoms with Crippen LogP contribution in [0.25, 0.3) is 0 Å². The van der Waals surface area contributed by atoms with Crippen molar-refractivity contribution in [2.24, 2.45) is 5.92 Å². The number of nitrogens with one attached hydrogen (secondary N) is 1. The van der Waals surface area contributed by atoms with Gasteiger partial charge in [-0.25, -0.2) is 9.97 Å². The quantitative estimate of drug-likeness (QED) is 0.872. The number of methoxy groups -OCH3 is 2. The highest BCUT2D eigenvalue weighted by atomic mass is 16.5. The molecule has 3 rings (SSSR count). The van der Waals surface area contributed by atoms with Gasteiger partial charge in [0.1, 0.15) is 17.2 Å². The van der Waals surface area contributed by atoms with Crippen LogP contribution in [0.1, 0.15) is 24.2 Å². The van der Waals surface area contributed by atoms with Crippen LogP contribution in [0.3, 0.4) is 0 Å². The first-order valence-corrected chi connectivity index (χ1v) is 9.11. The molecule has 0 spiro atoms. The van der Waals surface area contributed by atoms with E-state index in [9.17, 15) is 4.79 Å². The molecule has 1 saturated heterocycles. The molecule has 144 valence electrons. The highest BCUT2D eigenvalue weighted by molar-refractivity contribution is 5.95. The van der Waals surface area contributed by atoms with Crippen LogP contribution in [0.5, 0.6) is 11.5 Å². The molecule has 0 aliphatic carbocycles. The van der Waals surface area contributed by atoms with Crippen LogP contribution in [-0.4, -0.2) is 43.2 Å². The summed E-state index contributed by atoms with van der Waals surface area (Å²) in [5.74, 6) is 1.84. The predicted octanol–water partition coefficient (Wildman–Crippen LogP) is 2.97. The maximum absolute atomic E-state index is 12.8. The zero-order valence-electron chi connectivity index (χ0n) is 16.3. The molecule has 1 N–H and O–H groups in total. The molecule has 0 bridgehead atoms. The number of para-hydroxylation sites is 1. The van der Waals surface area contributed by atoms with Gasteiger partial charge in [0.2, 0.25) is 11.9 Å². The molecule has 1 aliphatic rings. The van der Waals surface area contributed by atoms with Gasteiger partial charge >= 0.3 is 0 Å². The van der Waals surface area contributed by atoms with Crippen LogP contribution in [0, 0.1) is 19.8 Å². The van der Waals surface area contributed by atoms with Gasteiger partial charge < -0.3 is 19.7 Å². The summed E-state index contributed by atoms with van der Waals surface area (Å²) in [6.45, 7) is 5.45. The molecule has 2 aromatic rings. The highest BCUT2D eigenvalue weighted by Crippen LogP contribution is 2.35. The number of hydrogen-bond acceptors (Lipinski definition) is 6. The summed E-state index contributed by atoms with van der Waals surface area (Å²) in [6, 6.07) is 7.40. The van der Waals surface area contributed by atoms with E-state index in [1.165, 1.54) is 0 Å². The SMILES string of the molecule is COc1cccc(OC)c1NC(=O)C1CCN(c2nc(C)cc(C)n2)CC1. The first-order chi connectivity index (χ1) is 13.0. The van der Waals surface area contributed by atoms with Gasteiger partial charge in [-0.05, 0) is 44.9 Å². The lowest BCUT2D eigenvalue weighted by molar-refractivity contribution is -0.120. The van der Waals surface area contributed by atoms with E-state index in [0.717, 1.165) is 43.3 Å². The number of rotatable bonds is 5. The Kier molecular flexibility index (Phi) is 5.78. The largest absolute Gasteiger partial charge is 0.494 e. The van der Waals surface area contributed by atoms with Crippen LogP contribution in [-0.2, 0) is 4.79 Å². The Hall–Kier alpha value is -2.83. The number of nitrogens with zero attached hydrogens (tertiary/aromatic N) is 3. The summed E-state index contributed by atoms with van der Waals surface area (Å²) >= 11 is 0. The van der Waals surface area contributed by atoms with E-state index in [0.29, 0.717) is 17.2 Å². The van der Waals surface area contributed by atoms with Crippen molar-refractivity contribution in [2.45, 2.75) is 26.7 Å². The summed E-state index contributed by atoms with van der Waals surface area (Å²) in [6.07, 6.45) is 1.50. The van der Waals surface area contributed by atoms with Gasteiger partial charge in [-0.3, -0.25) is 4.79 Å². The van der Waals surface area contributed by atoms with Crippen LogP contribution >= 0.6 is 0 Å². The second-order valence-electron chi connectivity index (χ2n) is 6.74. The highest BCUT2D eigenvalue weighted by Gasteiger charge is 2.27. The van der Waals surface area contributed by atoms with Crippen molar-refractivity contribution in [3.8, 4) is 11.5 Å². The molecular formula is C20H26N4O3. The molecule has 2 heterocycles. The molecule has 0 saturated carbocycles. The number of aryl methyl sites for hydroxylation is 2. The smallest absolute Gasteiger partial charge is 0.227 e. The van der Waals surface area contributed by atoms with Crippen molar-refractivity contribution in [1.29, 1.82) is 0 Å². The van der Waals surface area contributed by atoms with Crippen molar-refractivity contribution in [1.82, 2.24) is 9.97 Å². The average molecular weight is 370 g/mol. The Morgan fingerprint density at radius 2 is 1.63 bits per heavy atom. The topological polar surface area (TPSA) is 76.6 Å². The Balaban J connectivity index is 1.65. The lowest BCUT2D eigenvalue weighted by atomic mass is 9.96. The second-order valence-corrected chi connectivity index (χ2v) is 6.74. The number of ether oxygens (including phenoxy) is 2. The monoisotopic (exact) mass is 370 g/mol. The van der Waals surface area contributed by atoms with Crippen molar-refractivity contribution < 1.29 is 14.3 Å². The van der Waals surface area contributed by atoms with E-state index in [-0.39, 0.29) is 11.8 Å². The van der Waals surface area contributed by atoms with Gasteiger partial charge in [0.05, 0.1) is 14.2 Å². The second kappa shape index (κ2) is 8.24. The molecule has 7 heteroatoms. The fourth-order valence-electron chi connectivity index (χ4n) is 3.39. The third-order valence-electron chi connectivity index (χ3n) is 4.80. The Labute approximate surface area is 159 Å². The minimum absolute atomic E-state index is 0.0150. The number of carbonyl (C=O) groups is 1. The number of benzene rings is 1. The molecular weight excluding hydrogens is 344 g/mol. The van der Waals surface area contributed by atoms with Gasteiger partial charge in [0.15, 0.2) is 0 Å². The molecule has 27 heavy (non-hydrogen) atoms. The van der Waals surface area contributed by atoms with E-state index in [4.69, 9.17) is 9.47 Å². The lowest BCUT2D eigenvalue weighted by Gasteiger charge is -2.31. The van der Waals surface area contributed by atoms with Crippen LogP contribution in [0.15, 0.2) is 24.3 Å². The molecule has 0 radical (unpaired) electrons. The fourth-order valence-corrected chi connectivity index (χ4v) is 3.39.